The van der Waals surface area contributed by atoms with Gasteiger partial charge in [0, 0.05) is 13.1 Å². The third kappa shape index (κ3) is 14.2. The van der Waals surface area contributed by atoms with Crippen molar-refractivity contribution in [3.05, 3.63) is 16.0 Å². The number of esters is 1. The fourth-order valence-corrected chi connectivity index (χ4v) is 5.30. The Balaban J connectivity index is 2.71. The van der Waals surface area contributed by atoms with Gasteiger partial charge in [0.05, 0.1) is 10.4 Å². The molecule has 218 valence electrons. The summed E-state index contributed by atoms with van der Waals surface area (Å²) in [5, 5.41) is 9.00. The number of anilines is 1. The summed E-state index contributed by atoms with van der Waals surface area (Å²) in [5.74, 6) is -0.766. The molecule has 1 rings (SSSR count). The summed E-state index contributed by atoms with van der Waals surface area (Å²) < 4.78 is 5.59. The molecule has 0 unspecified atom stereocenters. The number of hydrogen-bond acceptors (Lipinski definition) is 5. The Labute approximate surface area is 235 Å². The number of urea groups is 1. The predicted molar refractivity (Wildman–Crippen MR) is 160 cm³/mol. The maximum absolute atomic E-state index is 13.0. The first-order valence-corrected chi connectivity index (χ1v) is 15.6. The molecule has 0 spiro atoms. The first-order valence-electron chi connectivity index (χ1n) is 14.8. The topological polar surface area (TPSA) is 96.5 Å². The van der Waals surface area contributed by atoms with E-state index in [-0.39, 0.29) is 17.5 Å². The number of amides is 3. The summed E-state index contributed by atoms with van der Waals surface area (Å²) in [6, 6.07) is -0.377. The second-order valence-electron chi connectivity index (χ2n) is 11.1. The quantitative estimate of drug-likeness (QED) is 0.119. The molecular weight excluding hydrogens is 498 g/mol. The predicted octanol–water partition coefficient (Wildman–Crippen LogP) is 8.36. The van der Waals surface area contributed by atoms with E-state index in [2.05, 4.69) is 29.8 Å². The van der Waals surface area contributed by atoms with Crippen LogP contribution in [0.15, 0.2) is 0 Å². The van der Waals surface area contributed by atoms with Gasteiger partial charge in [-0.3, -0.25) is 10.1 Å². The van der Waals surface area contributed by atoms with E-state index in [4.69, 9.17) is 4.74 Å². The maximum Gasteiger partial charge on any atom is 0.341 e. The van der Waals surface area contributed by atoms with Crippen molar-refractivity contribution < 1.29 is 19.1 Å². The minimum Gasteiger partial charge on any atom is -0.456 e. The van der Waals surface area contributed by atoms with Crippen molar-refractivity contribution in [2.75, 3.05) is 18.4 Å². The van der Waals surface area contributed by atoms with Crippen molar-refractivity contribution in [2.45, 2.75) is 137 Å². The third-order valence-electron chi connectivity index (χ3n) is 6.31. The highest BCUT2D eigenvalue weighted by atomic mass is 32.1. The highest BCUT2D eigenvalue weighted by Gasteiger charge is 2.29. The SMILES string of the molecule is CCCCCCCCCCNC(=O)Nc1sc(C(=O)NCCCCCCCC)c(C)c1C(=O)OC(C)(C)C. The highest BCUT2D eigenvalue weighted by molar-refractivity contribution is 7.18. The molecule has 0 aromatic carbocycles. The maximum atomic E-state index is 13.0. The minimum atomic E-state index is -0.693. The lowest BCUT2D eigenvalue weighted by atomic mass is 10.1. The average Bonchev–Trinajstić information content (AvgIpc) is 3.16. The molecule has 0 aliphatic heterocycles. The van der Waals surface area contributed by atoms with Crippen molar-refractivity contribution in [3.63, 3.8) is 0 Å². The van der Waals surface area contributed by atoms with Crippen LogP contribution in [-0.2, 0) is 4.74 Å². The van der Waals surface area contributed by atoms with Crippen LogP contribution in [0.4, 0.5) is 9.80 Å². The number of ether oxygens (including phenoxy) is 1. The van der Waals surface area contributed by atoms with Gasteiger partial charge in [-0.2, -0.15) is 0 Å². The molecule has 0 fully saturated rings. The van der Waals surface area contributed by atoms with Crippen LogP contribution in [-0.4, -0.2) is 36.6 Å². The van der Waals surface area contributed by atoms with Gasteiger partial charge in [0.15, 0.2) is 0 Å². The van der Waals surface area contributed by atoms with Gasteiger partial charge in [-0.05, 0) is 46.1 Å². The molecule has 0 aliphatic carbocycles. The summed E-state index contributed by atoms with van der Waals surface area (Å²) in [6.07, 6.45) is 16.4. The Morgan fingerprint density at radius 3 is 1.71 bits per heavy atom. The van der Waals surface area contributed by atoms with Gasteiger partial charge in [-0.15, -0.1) is 11.3 Å². The van der Waals surface area contributed by atoms with Crippen LogP contribution in [0.3, 0.4) is 0 Å². The highest BCUT2D eigenvalue weighted by Crippen LogP contribution is 2.34. The lowest BCUT2D eigenvalue weighted by Gasteiger charge is -2.20. The number of hydrogen-bond donors (Lipinski definition) is 3. The summed E-state index contributed by atoms with van der Waals surface area (Å²) in [4.78, 5) is 39.0. The van der Waals surface area contributed by atoms with E-state index in [0.717, 1.165) is 37.0 Å². The van der Waals surface area contributed by atoms with Gasteiger partial charge in [0.1, 0.15) is 10.6 Å². The van der Waals surface area contributed by atoms with Crippen LogP contribution >= 0.6 is 11.3 Å². The summed E-state index contributed by atoms with van der Waals surface area (Å²) in [7, 11) is 0. The lowest BCUT2D eigenvalue weighted by molar-refractivity contribution is 0.00705. The van der Waals surface area contributed by atoms with Gasteiger partial charge >= 0.3 is 12.0 Å². The number of thiophene rings is 1. The molecular formula is C30H53N3O4S. The number of unbranched alkanes of at least 4 members (excludes halogenated alkanes) is 12. The molecule has 0 saturated carbocycles. The van der Waals surface area contributed by atoms with Gasteiger partial charge in [-0.1, -0.05) is 90.9 Å². The van der Waals surface area contributed by atoms with Crippen LogP contribution < -0.4 is 16.0 Å². The monoisotopic (exact) mass is 551 g/mol. The zero-order chi connectivity index (χ0) is 28.4. The lowest BCUT2D eigenvalue weighted by Crippen LogP contribution is -2.30. The number of carbonyl (C=O) groups is 3. The summed E-state index contributed by atoms with van der Waals surface area (Å²) in [5.41, 5.74) is 0.0850. The number of rotatable bonds is 19. The Morgan fingerprint density at radius 1 is 0.737 bits per heavy atom. The van der Waals surface area contributed by atoms with Crippen molar-refractivity contribution in [1.29, 1.82) is 0 Å². The first kappa shape index (κ1) is 33.9. The third-order valence-corrected chi connectivity index (χ3v) is 7.52. The second kappa shape index (κ2) is 19.0. The largest absolute Gasteiger partial charge is 0.456 e. The van der Waals surface area contributed by atoms with Crippen molar-refractivity contribution >= 4 is 34.2 Å². The Morgan fingerprint density at radius 2 is 1.21 bits per heavy atom. The molecule has 0 saturated heterocycles. The van der Waals surface area contributed by atoms with Crippen LogP contribution in [0.5, 0.6) is 0 Å². The number of carbonyl (C=O) groups excluding carboxylic acids is 3. The van der Waals surface area contributed by atoms with Crippen molar-refractivity contribution in [1.82, 2.24) is 10.6 Å². The van der Waals surface area contributed by atoms with Gasteiger partial charge in [0.25, 0.3) is 5.91 Å². The van der Waals surface area contributed by atoms with E-state index >= 15 is 0 Å². The van der Waals surface area contributed by atoms with Crippen LogP contribution in [0, 0.1) is 6.92 Å². The minimum absolute atomic E-state index is 0.224. The molecule has 1 aromatic rings. The zero-order valence-electron chi connectivity index (χ0n) is 24.9. The van der Waals surface area contributed by atoms with Crippen LogP contribution in [0.25, 0.3) is 0 Å². The molecule has 0 atom stereocenters. The van der Waals surface area contributed by atoms with Crippen molar-refractivity contribution in [3.8, 4) is 0 Å². The van der Waals surface area contributed by atoms with E-state index in [1.54, 1.807) is 27.7 Å². The average molecular weight is 552 g/mol. The van der Waals surface area contributed by atoms with Crippen LogP contribution in [0.1, 0.15) is 150 Å². The van der Waals surface area contributed by atoms with Crippen molar-refractivity contribution in [2.24, 2.45) is 0 Å². The Bertz CT molecular complexity index is 845. The van der Waals surface area contributed by atoms with Gasteiger partial charge in [0.2, 0.25) is 0 Å². The molecule has 0 bridgehead atoms. The molecule has 0 radical (unpaired) electrons. The fourth-order valence-electron chi connectivity index (χ4n) is 4.19. The standard InChI is InChI=1S/C30H53N3O4S/c1-7-9-11-13-15-16-18-20-22-32-29(36)33-27-24(28(35)37-30(4,5)6)23(3)25(38-27)26(34)31-21-19-17-14-12-10-8-2/h7-22H2,1-6H3,(H,31,34)(H2,32,33,36). The molecule has 38 heavy (non-hydrogen) atoms. The normalized spacial score (nSPS) is 11.3. The molecule has 7 nitrogen and oxygen atoms in total. The fraction of sp³-hybridized carbons (Fsp3) is 0.767. The summed E-state index contributed by atoms with van der Waals surface area (Å²) >= 11 is 1.12. The molecule has 3 N–H and O–H groups in total. The first-order chi connectivity index (χ1) is 18.1. The summed E-state index contributed by atoms with van der Waals surface area (Å²) in [6.45, 7) is 12.7. The molecule has 1 heterocycles. The van der Waals surface area contributed by atoms with Crippen LogP contribution in [0.2, 0.25) is 0 Å². The van der Waals surface area contributed by atoms with Gasteiger partial charge in [-0.25, -0.2) is 9.59 Å². The smallest absolute Gasteiger partial charge is 0.341 e. The van der Waals surface area contributed by atoms with E-state index in [9.17, 15) is 14.4 Å². The Hall–Kier alpha value is -2.09. The molecule has 8 heteroatoms. The number of nitrogens with one attached hydrogen (secondary N) is 3. The van der Waals surface area contributed by atoms with E-state index in [1.807, 2.05) is 0 Å². The molecule has 1 aromatic heterocycles. The Kier molecular flexibility index (Phi) is 17.0. The van der Waals surface area contributed by atoms with E-state index in [0.29, 0.717) is 28.5 Å². The van der Waals surface area contributed by atoms with Gasteiger partial charge < -0.3 is 15.4 Å². The van der Waals surface area contributed by atoms with E-state index in [1.165, 1.54) is 64.2 Å². The molecule has 0 aliphatic rings. The molecule has 3 amide bonds. The second-order valence-corrected chi connectivity index (χ2v) is 12.2. The van der Waals surface area contributed by atoms with E-state index < -0.39 is 11.6 Å². The zero-order valence-corrected chi connectivity index (χ0v) is 25.7.